The van der Waals surface area contributed by atoms with E-state index in [0.717, 1.165) is 29.8 Å². The van der Waals surface area contributed by atoms with Crippen LogP contribution in [0.25, 0.3) is 5.69 Å². The van der Waals surface area contributed by atoms with Crippen LogP contribution in [0.1, 0.15) is 42.9 Å². The van der Waals surface area contributed by atoms with Crippen LogP contribution in [0.15, 0.2) is 54.7 Å². The molecule has 1 aliphatic carbocycles. The van der Waals surface area contributed by atoms with Gasteiger partial charge in [0, 0.05) is 18.2 Å². The SMILES string of the molecule is O=C(Cc1ccc(Cl)nc1)Nc1cc(C2CCCC2)nn1-c1ccccc1. The Hall–Kier alpha value is -2.66. The average Bonchev–Trinajstić information content (AvgIpc) is 3.34. The van der Waals surface area contributed by atoms with E-state index in [9.17, 15) is 4.79 Å². The molecule has 1 fully saturated rings. The van der Waals surface area contributed by atoms with Gasteiger partial charge in [-0.2, -0.15) is 5.10 Å². The van der Waals surface area contributed by atoms with Gasteiger partial charge in [0.25, 0.3) is 0 Å². The maximum absolute atomic E-state index is 12.6. The summed E-state index contributed by atoms with van der Waals surface area (Å²) in [5, 5.41) is 8.24. The van der Waals surface area contributed by atoms with Crippen molar-refractivity contribution in [1.82, 2.24) is 14.8 Å². The number of aromatic nitrogens is 3. The molecule has 1 saturated carbocycles. The summed E-state index contributed by atoms with van der Waals surface area (Å²) in [6, 6.07) is 15.4. The van der Waals surface area contributed by atoms with Crippen LogP contribution in [0, 0.1) is 0 Å². The molecule has 2 heterocycles. The number of para-hydroxylation sites is 1. The largest absolute Gasteiger partial charge is 0.310 e. The summed E-state index contributed by atoms with van der Waals surface area (Å²) in [5.41, 5.74) is 2.81. The van der Waals surface area contributed by atoms with E-state index in [4.69, 9.17) is 16.7 Å². The molecule has 138 valence electrons. The molecular formula is C21H21ClN4O. The van der Waals surface area contributed by atoms with E-state index in [-0.39, 0.29) is 12.3 Å². The number of pyridine rings is 1. The first-order valence-corrected chi connectivity index (χ1v) is 9.62. The van der Waals surface area contributed by atoms with Gasteiger partial charge in [-0.05, 0) is 36.6 Å². The molecule has 0 unspecified atom stereocenters. The lowest BCUT2D eigenvalue weighted by Crippen LogP contribution is -2.17. The second-order valence-corrected chi connectivity index (χ2v) is 7.28. The number of nitrogens with zero attached hydrogens (tertiary/aromatic N) is 3. The highest BCUT2D eigenvalue weighted by Gasteiger charge is 2.22. The molecule has 1 aliphatic rings. The predicted octanol–water partition coefficient (Wildman–Crippen LogP) is 4.76. The Morgan fingerprint density at radius 3 is 2.63 bits per heavy atom. The Balaban J connectivity index is 1.58. The number of carbonyl (C=O) groups is 1. The van der Waals surface area contributed by atoms with Gasteiger partial charge in [0.15, 0.2) is 0 Å². The molecule has 0 atom stereocenters. The molecule has 4 rings (SSSR count). The van der Waals surface area contributed by atoms with Crippen LogP contribution in [0.3, 0.4) is 0 Å². The first-order valence-electron chi connectivity index (χ1n) is 9.25. The van der Waals surface area contributed by atoms with E-state index in [1.54, 1.807) is 12.3 Å². The van der Waals surface area contributed by atoms with Gasteiger partial charge in [0.1, 0.15) is 11.0 Å². The zero-order valence-corrected chi connectivity index (χ0v) is 15.7. The van der Waals surface area contributed by atoms with E-state index in [0.29, 0.717) is 16.9 Å². The summed E-state index contributed by atoms with van der Waals surface area (Å²) in [5.74, 6) is 1.08. The number of rotatable bonds is 5. The number of halogens is 1. The molecule has 1 amide bonds. The minimum absolute atomic E-state index is 0.103. The summed E-state index contributed by atoms with van der Waals surface area (Å²) in [6.07, 6.45) is 6.68. The van der Waals surface area contributed by atoms with Crippen molar-refractivity contribution < 1.29 is 4.79 Å². The van der Waals surface area contributed by atoms with Gasteiger partial charge in [-0.1, -0.05) is 48.7 Å². The molecule has 3 aromatic rings. The van der Waals surface area contributed by atoms with Crippen molar-refractivity contribution in [2.45, 2.75) is 38.0 Å². The number of carbonyl (C=O) groups excluding carboxylic acids is 1. The summed E-state index contributed by atoms with van der Waals surface area (Å²) in [7, 11) is 0. The van der Waals surface area contributed by atoms with Crippen molar-refractivity contribution >= 4 is 23.3 Å². The monoisotopic (exact) mass is 380 g/mol. The van der Waals surface area contributed by atoms with Gasteiger partial charge in [-0.3, -0.25) is 4.79 Å². The van der Waals surface area contributed by atoms with Crippen LogP contribution in [0.4, 0.5) is 5.82 Å². The third-order valence-electron chi connectivity index (χ3n) is 4.92. The van der Waals surface area contributed by atoms with Crippen LogP contribution >= 0.6 is 11.6 Å². The zero-order chi connectivity index (χ0) is 18.6. The van der Waals surface area contributed by atoms with Crippen LogP contribution in [0.5, 0.6) is 0 Å². The van der Waals surface area contributed by atoms with Crippen LogP contribution in [-0.4, -0.2) is 20.7 Å². The fourth-order valence-corrected chi connectivity index (χ4v) is 3.67. The highest BCUT2D eigenvalue weighted by atomic mass is 35.5. The number of anilines is 1. The van der Waals surface area contributed by atoms with E-state index in [1.807, 2.05) is 47.1 Å². The molecule has 0 aliphatic heterocycles. The summed E-state index contributed by atoms with van der Waals surface area (Å²) < 4.78 is 1.83. The maximum Gasteiger partial charge on any atom is 0.230 e. The molecular weight excluding hydrogens is 360 g/mol. The van der Waals surface area contributed by atoms with Crippen LogP contribution < -0.4 is 5.32 Å². The van der Waals surface area contributed by atoms with Crippen molar-refractivity contribution in [3.63, 3.8) is 0 Å². The van der Waals surface area contributed by atoms with E-state index < -0.39 is 0 Å². The standard InChI is InChI=1S/C21H21ClN4O/c22-19-11-10-15(14-23-19)12-21(27)24-20-13-18(16-6-4-5-7-16)25-26(20)17-8-2-1-3-9-17/h1-3,8-11,13-14,16H,4-7,12H2,(H,24,27). The summed E-state index contributed by atoms with van der Waals surface area (Å²) in [6.45, 7) is 0. The number of nitrogens with one attached hydrogen (secondary N) is 1. The normalized spacial score (nSPS) is 14.4. The molecule has 27 heavy (non-hydrogen) atoms. The second-order valence-electron chi connectivity index (χ2n) is 6.90. The lowest BCUT2D eigenvalue weighted by Gasteiger charge is -2.09. The predicted molar refractivity (Wildman–Crippen MR) is 106 cm³/mol. The van der Waals surface area contributed by atoms with Crippen molar-refractivity contribution in [2.24, 2.45) is 0 Å². The minimum Gasteiger partial charge on any atom is -0.310 e. The maximum atomic E-state index is 12.6. The fourth-order valence-electron chi connectivity index (χ4n) is 3.56. The smallest absolute Gasteiger partial charge is 0.230 e. The molecule has 5 nitrogen and oxygen atoms in total. The Morgan fingerprint density at radius 1 is 1.15 bits per heavy atom. The highest BCUT2D eigenvalue weighted by molar-refractivity contribution is 6.29. The summed E-state index contributed by atoms with van der Waals surface area (Å²) >= 11 is 5.81. The van der Waals surface area contributed by atoms with E-state index >= 15 is 0 Å². The molecule has 2 aromatic heterocycles. The topological polar surface area (TPSA) is 59.8 Å². The third kappa shape index (κ3) is 4.19. The van der Waals surface area contributed by atoms with E-state index in [1.165, 1.54) is 12.8 Å². The van der Waals surface area contributed by atoms with Crippen molar-refractivity contribution in [3.05, 3.63) is 71.1 Å². The first-order chi connectivity index (χ1) is 13.2. The second kappa shape index (κ2) is 7.92. The molecule has 0 saturated heterocycles. The van der Waals surface area contributed by atoms with Crippen LogP contribution in [0.2, 0.25) is 5.15 Å². The Morgan fingerprint density at radius 2 is 1.93 bits per heavy atom. The molecule has 0 spiro atoms. The summed E-state index contributed by atoms with van der Waals surface area (Å²) in [4.78, 5) is 16.6. The number of hydrogen-bond donors (Lipinski definition) is 1. The minimum atomic E-state index is -0.103. The number of hydrogen-bond acceptors (Lipinski definition) is 3. The average molecular weight is 381 g/mol. The van der Waals surface area contributed by atoms with E-state index in [2.05, 4.69) is 10.3 Å². The van der Waals surface area contributed by atoms with Gasteiger partial charge in [-0.25, -0.2) is 9.67 Å². The molecule has 0 radical (unpaired) electrons. The van der Waals surface area contributed by atoms with Crippen molar-refractivity contribution in [2.75, 3.05) is 5.32 Å². The number of benzene rings is 1. The van der Waals surface area contributed by atoms with Crippen LogP contribution in [-0.2, 0) is 11.2 Å². The Labute approximate surface area is 163 Å². The van der Waals surface area contributed by atoms with Gasteiger partial charge in [0.05, 0.1) is 17.8 Å². The fraction of sp³-hybridized carbons (Fsp3) is 0.286. The Kier molecular flexibility index (Phi) is 5.21. The lowest BCUT2D eigenvalue weighted by molar-refractivity contribution is -0.115. The zero-order valence-electron chi connectivity index (χ0n) is 14.9. The Bertz CT molecular complexity index is 915. The molecule has 6 heteroatoms. The molecule has 0 bridgehead atoms. The van der Waals surface area contributed by atoms with Gasteiger partial charge >= 0.3 is 0 Å². The quantitative estimate of drug-likeness (QED) is 0.649. The lowest BCUT2D eigenvalue weighted by atomic mass is 10.0. The highest BCUT2D eigenvalue weighted by Crippen LogP contribution is 2.35. The molecule has 1 N–H and O–H groups in total. The van der Waals surface area contributed by atoms with Gasteiger partial charge < -0.3 is 5.32 Å². The molecule has 1 aromatic carbocycles. The number of amides is 1. The van der Waals surface area contributed by atoms with Crippen molar-refractivity contribution in [1.29, 1.82) is 0 Å². The third-order valence-corrected chi connectivity index (χ3v) is 5.15. The van der Waals surface area contributed by atoms with Gasteiger partial charge in [-0.15, -0.1) is 0 Å². The first kappa shape index (κ1) is 17.7. The van der Waals surface area contributed by atoms with Gasteiger partial charge in [0.2, 0.25) is 5.91 Å². The van der Waals surface area contributed by atoms with Crippen molar-refractivity contribution in [3.8, 4) is 5.69 Å².